The topological polar surface area (TPSA) is 67.8 Å². The minimum Gasteiger partial charge on any atom is -0.293 e. The summed E-state index contributed by atoms with van der Waals surface area (Å²) in [6.45, 7) is 2.59. The average Bonchev–Trinajstić information content (AvgIpc) is 2.79. The fraction of sp³-hybridized carbons (Fsp3) is 0.308. The van der Waals surface area contributed by atoms with Gasteiger partial charge in [0.1, 0.15) is 0 Å². The minimum absolute atomic E-state index is 0.0148. The van der Waals surface area contributed by atoms with Gasteiger partial charge in [0.25, 0.3) is 0 Å². The zero-order valence-corrected chi connectivity index (χ0v) is 13.3. The SMILES string of the molecule is CCCn1c(SCC(=O)c2ccc(Br)cc2)n[nH]c1=O. The highest BCUT2D eigenvalue weighted by Gasteiger charge is 2.12. The summed E-state index contributed by atoms with van der Waals surface area (Å²) in [5.74, 6) is 0.274. The van der Waals surface area contributed by atoms with Crippen molar-refractivity contribution in [1.29, 1.82) is 0 Å². The van der Waals surface area contributed by atoms with Crippen molar-refractivity contribution in [3.05, 3.63) is 44.8 Å². The highest BCUT2D eigenvalue weighted by Crippen LogP contribution is 2.17. The summed E-state index contributed by atoms with van der Waals surface area (Å²) in [5.41, 5.74) is 0.422. The number of thioether (sulfide) groups is 1. The van der Waals surface area contributed by atoms with Crippen LogP contribution in [0, 0.1) is 0 Å². The van der Waals surface area contributed by atoms with Crippen LogP contribution in [-0.2, 0) is 6.54 Å². The van der Waals surface area contributed by atoms with E-state index in [-0.39, 0.29) is 17.2 Å². The summed E-state index contributed by atoms with van der Waals surface area (Å²) in [5, 5.41) is 6.91. The van der Waals surface area contributed by atoms with Crippen LogP contribution in [0.1, 0.15) is 23.7 Å². The lowest BCUT2D eigenvalue weighted by atomic mass is 10.2. The molecular weight excluding hydrogens is 342 g/mol. The Hall–Kier alpha value is -1.34. The van der Waals surface area contributed by atoms with Crippen LogP contribution in [0.4, 0.5) is 0 Å². The van der Waals surface area contributed by atoms with Crippen molar-refractivity contribution >= 4 is 33.5 Å². The number of halogens is 1. The number of rotatable bonds is 6. The van der Waals surface area contributed by atoms with Gasteiger partial charge in [0, 0.05) is 16.6 Å². The molecule has 0 aliphatic carbocycles. The molecule has 1 aromatic heterocycles. The fourth-order valence-electron chi connectivity index (χ4n) is 1.68. The number of carbonyl (C=O) groups excluding carboxylic acids is 1. The predicted octanol–water partition coefficient (Wildman–Crippen LogP) is 2.72. The molecule has 1 N–H and O–H groups in total. The van der Waals surface area contributed by atoms with Crippen molar-refractivity contribution in [2.75, 3.05) is 5.75 Å². The number of benzene rings is 1. The van der Waals surface area contributed by atoms with Gasteiger partial charge in [-0.15, -0.1) is 5.10 Å². The van der Waals surface area contributed by atoms with Crippen LogP contribution in [0.2, 0.25) is 0 Å². The molecule has 0 saturated carbocycles. The molecule has 0 aliphatic rings. The highest BCUT2D eigenvalue weighted by molar-refractivity contribution is 9.10. The number of nitrogens with zero attached hydrogens (tertiary/aromatic N) is 2. The van der Waals surface area contributed by atoms with Crippen LogP contribution < -0.4 is 5.69 Å². The van der Waals surface area contributed by atoms with E-state index in [9.17, 15) is 9.59 Å². The second-order valence-corrected chi connectivity index (χ2v) is 6.04. The maximum Gasteiger partial charge on any atom is 0.343 e. The summed E-state index contributed by atoms with van der Waals surface area (Å²) in [6, 6.07) is 7.21. The number of carbonyl (C=O) groups is 1. The first-order valence-electron chi connectivity index (χ1n) is 6.18. The minimum atomic E-state index is -0.231. The van der Waals surface area contributed by atoms with Crippen molar-refractivity contribution in [3.63, 3.8) is 0 Å². The molecule has 2 aromatic rings. The van der Waals surface area contributed by atoms with E-state index in [1.165, 1.54) is 11.8 Å². The first kappa shape index (κ1) is 15.1. The third kappa shape index (κ3) is 3.61. The quantitative estimate of drug-likeness (QED) is 0.638. The van der Waals surface area contributed by atoms with Crippen molar-refractivity contribution in [1.82, 2.24) is 14.8 Å². The molecule has 0 amide bonds. The Kier molecular flexibility index (Phi) is 5.19. The molecule has 0 saturated heterocycles. The zero-order valence-electron chi connectivity index (χ0n) is 10.9. The molecule has 0 radical (unpaired) electrons. The van der Waals surface area contributed by atoms with Crippen molar-refractivity contribution in [3.8, 4) is 0 Å². The van der Waals surface area contributed by atoms with Gasteiger partial charge < -0.3 is 0 Å². The molecule has 0 atom stereocenters. The molecule has 5 nitrogen and oxygen atoms in total. The smallest absolute Gasteiger partial charge is 0.293 e. The van der Waals surface area contributed by atoms with Gasteiger partial charge in [0.15, 0.2) is 10.9 Å². The number of nitrogens with one attached hydrogen (secondary N) is 1. The number of ketones is 1. The maximum atomic E-state index is 12.0. The van der Waals surface area contributed by atoms with E-state index in [1.54, 1.807) is 16.7 Å². The van der Waals surface area contributed by atoms with Gasteiger partial charge in [-0.3, -0.25) is 9.36 Å². The Morgan fingerprint density at radius 3 is 2.75 bits per heavy atom. The lowest BCUT2D eigenvalue weighted by Gasteiger charge is -2.03. The van der Waals surface area contributed by atoms with Gasteiger partial charge in [-0.05, 0) is 18.6 Å². The van der Waals surface area contributed by atoms with Crippen LogP contribution in [-0.4, -0.2) is 26.3 Å². The summed E-state index contributed by atoms with van der Waals surface area (Å²) in [4.78, 5) is 23.6. The lowest BCUT2D eigenvalue weighted by molar-refractivity contribution is 0.102. The highest BCUT2D eigenvalue weighted by atomic mass is 79.9. The first-order valence-corrected chi connectivity index (χ1v) is 7.96. The Labute approximate surface area is 128 Å². The third-order valence-electron chi connectivity index (χ3n) is 2.67. The zero-order chi connectivity index (χ0) is 14.5. The van der Waals surface area contributed by atoms with Crippen LogP contribution in [0.25, 0.3) is 0 Å². The molecule has 0 fully saturated rings. The van der Waals surface area contributed by atoms with E-state index < -0.39 is 0 Å². The number of H-pyrrole nitrogens is 1. The second kappa shape index (κ2) is 6.90. The molecule has 0 unspecified atom stereocenters. The van der Waals surface area contributed by atoms with E-state index in [0.717, 1.165) is 10.9 Å². The van der Waals surface area contributed by atoms with Crippen molar-refractivity contribution < 1.29 is 4.79 Å². The standard InChI is InChI=1S/C13H14BrN3O2S/c1-2-7-17-12(19)15-16-13(17)20-8-11(18)9-3-5-10(14)6-4-9/h3-6H,2,7-8H2,1H3,(H,15,19). The first-order chi connectivity index (χ1) is 9.61. The molecule has 0 spiro atoms. The van der Waals surface area contributed by atoms with Gasteiger partial charge in [0.05, 0.1) is 5.75 Å². The van der Waals surface area contributed by atoms with Crippen LogP contribution in [0.5, 0.6) is 0 Å². The van der Waals surface area contributed by atoms with Crippen molar-refractivity contribution in [2.45, 2.75) is 25.0 Å². The second-order valence-electron chi connectivity index (χ2n) is 4.18. The van der Waals surface area contributed by atoms with Crippen LogP contribution in [0.3, 0.4) is 0 Å². The van der Waals surface area contributed by atoms with Gasteiger partial charge in [-0.25, -0.2) is 9.89 Å². The molecule has 106 valence electrons. The monoisotopic (exact) mass is 355 g/mol. The Bertz CT molecular complexity index is 648. The normalized spacial score (nSPS) is 10.7. The van der Waals surface area contributed by atoms with E-state index in [4.69, 9.17) is 0 Å². The number of aromatic nitrogens is 3. The number of hydrogen-bond donors (Lipinski definition) is 1. The van der Waals surface area contributed by atoms with E-state index in [2.05, 4.69) is 26.1 Å². The lowest BCUT2D eigenvalue weighted by Crippen LogP contribution is -2.17. The van der Waals surface area contributed by atoms with Gasteiger partial charge in [-0.1, -0.05) is 46.7 Å². The molecule has 0 bridgehead atoms. The Morgan fingerprint density at radius 2 is 2.10 bits per heavy atom. The Morgan fingerprint density at radius 1 is 1.40 bits per heavy atom. The number of aromatic amines is 1. The Balaban J connectivity index is 2.03. The summed E-state index contributed by atoms with van der Waals surface area (Å²) in [7, 11) is 0. The van der Waals surface area contributed by atoms with E-state index in [1.807, 2.05) is 19.1 Å². The third-order valence-corrected chi connectivity index (χ3v) is 4.17. The number of hydrogen-bond acceptors (Lipinski definition) is 4. The van der Waals surface area contributed by atoms with Crippen LogP contribution in [0.15, 0.2) is 38.7 Å². The molecular formula is C13H14BrN3O2S. The van der Waals surface area contributed by atoms with Crippen LogP contribution >= 0.6 is 27.7 Å². The fourth-order valence-corrected chi connectivity index (χ4v) is 2.81. The van der Waals surface area contributed by atoms with E-state index in [0.29, 0.717) is 17.3 Å². The maximum absolute atomic E-state index is 12.0. The summed E-state index contributed by atoms with van der Waals surface area (Å²) >= 11 is 4.61. The molecule has 0 aliphatic heterocycles. The largest absolute Gasteiger partial charge is 0.343 e. The average molecular weight is 356 g/mol. The van der Waals surface area contributed by atoms with Gasteiger partial charge >= 0.3 is 5.69 Å². The number of Topliss-reactive ketones (excluding diaryl/α,β-unsaturated/α-hetero) is 1. The van der Waals surface area contributed by atoms with E-state index >= 15 is 0 Å². The predicted molar refractivity (Wildman–Crippen MR) is 82.3 cm³/mol. The van der Waals surface area contributed by atoms with Gasteiger partial charge in [-0.2, -0.15) is 0 Å². The van der Waals surface area contributed by atoms with Gasteiger partial charge in [0.2, 0.25) is 0 Å². The summed E-state index contributed by atoms with van der Waals surface area (Å²) < 4.78 is 2.49. The molecule has 1 heterocycles. The summed E-state index contributed by atoms with van der Waals surface area (Å²) in [6.07, 6.45) is 0.841. The molecule has 1 aromatic carbocycles. The van der Waals surface area contributed by atoms with Crippen molar-refractivity contribution in [2.24, 2.45) is 0 Å². The molecule has 20 heavy (non-hydrogen) atoms. The molecule has 2 rings (SSSR count). The molecule has 7 heteroatoms.